The maximum Gasteiger partial charge on any atom is 0.432 e. The number of pyridine rings is 1. The molecule has 0 atom stereocenters. The van der Waals surface area contributed by atoms with Crippen LogP contribution in [0.4, 0.5) is 19.0 Å². The van der Waals surface area contributed by atoms with Crippen LogP contribution < -0.4 is 10.7 Å². The standard InChI is InChI=1S/C15H16F3N5O/c1-10(8-20-23-22-12(3)15(16,17)18)7-13(9-24)21-14-11(2)5-4-6-19-14/h4-7,9H,1,3,8H2,2H3,(H,19,21)(H,20,22)/b13-7-. The summed E-state index contributed by atoms with van der Waals surface area (Å²) in [6.07, 6.45) is -1.05. The van der Waals surface area contributed by atoms with E-state index in [9.17, 15) is 18.0 Å². The molecule has 0 unspecified atom stereocenters. The Morgan fingerprint density at radius 3 is 2.71 bits per heavy atom. The predicted octanol–water partition coefficient (Wildman–Crippen LogP) is 3.47. The van der Waals surface area contributed by atoms with Crippen molar-refractivity contribution in [1.82, 2.24) is 10.4 Å². The lowest BCUT2D eigenvalue weighted by atomic mass is 10.2. The van der Waals surface area contributed by atoms with Gasteiger partial charge in [-0.05, 0) is 30.2 Å². The third-order valence-corrected chi connectivity index (χ3v) is 2.63. The first-order valence-corrected chi connectivity index (χ1v) is 6.66. The average Bonchev–Trinajstić information content (AvgIpc) is 2.51. The molecule has 9 heteroatoms. The number of carbonyl (C=O) groups excluding carboxylic acids is 1. The lowest BCUT2D eigenvalue weighted by molar-refractivity contribution is -0.104. The molecule has 0 bridgehead atoms. The number of nitrogens with zero attached hydrogens (tertiary/aromatic N) is 3. The molecule has 1 aromatic rings. The van der Waals surface area contributed by atoms with Gasteiger partial charge in [-0.15, -0.1) is 0 Å². The van der Waals surface area contributed by atoms with Gasteiger partial charge in [-0.1, -0.05) is 24.4 Å². The lowest BCUT2D eigenvalue weighted by Gasteiger charge is -2.08. The molecule has 1 aromatic heterocycles. The summed E-state index contributed by atoms with van der Waals surface area (Å²) in [5, 5.41) is 9.47. The summed E-state index contributed by atoms with van der Waals surface area (Å²) in [6, 6.07) is 3.58. The summed E-state index contributed by atoms with van der Waals surface area (Å²) >= 11 is 0. The number of allylic oxidation sites excluding steroid dienone is 2. The van der Waals surface area contributed by atoms with Crippen molar-refractivity contribution in [3.63, 3.8) is 0 Å². The van der Waals surface area contributed by atoms with Crippen LogP contribution in [0.15, 0.2) is 64.9 Å². The molecule has 1 rings (SSSR count). The maximum absolute atomic E-state index is 12.1. The van der Waals surface area contributed by atoms with Crippen molar-refractivity contribution in [2.75, 3.05) is 11.9 Å². The average molecular weight is 339 g/mol. The number of hydrogen-bond donors (Lipinski definition) is 2. The van der Waals surface area contributed by atoms with Crippen molar-refractivity contribution >= 4 is 12.1 Å². The van der Waals surface area contributed by atoms with Crippen molar-refractivity contribution < 1.29 is 18.0 Å². The van der Waals surface area contributed by atoms with E-state index in [1.807, 2.05) is 13.0 Å². The number of alkyl halides is 3. The summed E-state index contributed by atoms with van der Waals surface area (Å²) in [5.74, 6) is 0.508. The monoisotopic (exact) mass is 339 g/mol. The van der Waals surface area contributed by atoms with Crippen molar-refractivity contribution in [1.29, 1.82) is 0 Å². The van der Waals surface area contributed by atoms with Crippen LogP contribution in [-0.4, -0.2) is 24.0 Å². The first-order chi connectivity index (χ1) is 11.2. The predicted molar refractivity (Wildman–Crippen MR) is 83.9 cm³/mol. The first-order valence-electron chi connectivity index (χ1n) is 6.66. The highest BCUT2D eigenvalue weighted by Crippen LogP contribution is 2.21. The molecule has 0 amide bonds. The second-order valence-electron chi connectivity index (χ2n) is 4.66. The minimum absolute atomic E-state index is 0.0989. The highest BCUT2D eigenvalue weighted by Gasteiger charge is 2.32. The Hall–Kier alpha value is -2.97. The summed E-state index contributed by atoms with van der Waals surface area (Å²) in [5.41, 5.74) is 1.83. The van der Waals surface area contributed by atoms with E-state index >= 15 is 0 Å². The van der Waals surface area contributed by atoms with E-state index < -0.39 is 11.9 Å². The molecule has 0 saturated carbocycles. The van der Waals surface area contributed by atoms with E-state index in [-0.39, 0.29) is 12.2 Å². The van der Waals surface area contributed by atoms with Gasteiger partial charge in [-0.3, -0.25) is 10.2 Å². The van der Waals surface area contributed by atoms with E-state index in [1.165, 1.54) is 6.08 Å². The van der Waals surface area contributed by atoms with Crippen molar-refractivity contribution in [3.05, 3.63) is 60.1 Å². The number of halogens is 3. The molecule has 1 heterocycles. The van der Waals surface area contributed by atoms with E-state index in [4.69, 9.17) is 0 Å². The Morgan fingerprint density at radius 1 is 1.42 bits per heavy atom. The van der Waals surface area contributed by atoms with Crippen LogP contribution in [0.3, 0.4) is 0 Å². The topological polar surface area (TPSA) is 78.7 Å². The molecule has 6 nitrogen and oxygen atoms in total. The molecule has 0 aliphatic rings. The molecular formula is C15H16F3N5O. The van der Waals surface area contributed by atoms with Gasteiger partial charge in [0.1, 0.15) is 11.5 Å². The lowest BCUT2D eigenvalue weighted by Crippen LogP contribution is -2.20. The highest BCUT2D eigenvalue weighted by molar-refractivity contribution is 5.79. The van der Waals surface area contributed by atoms with Gasteiger partial charge < -0.3 is 5.32 Å². The SMILES string of the molecule is C=C(/C=C(/C=O)Nc1ncccc1C)CN=NNC(=C)C(F)(F)F. The van der Waals surface area contributed by atoms with Gasteiger partial charge in [-0.25, -0.2) is 4.98 Å². The Labute approximate surface area is 136 Å². The van der Waals surface area contributed by atoms with Crippen LogP contribution in [0.2, 0.25) is 0 Å². The number of aldehydes is 1. The molecule has 0 spiro atoms. The van der Waals surface area contributed by atoms with E-state index in [0.29, 0.717) is 17.7 Å². The Balaban J connectivity index is 2.60. The molecule has 0 aliphatic heterocycles. The number of hydrogen-bond acceptors (Lipinski definition) is 5. The Bertz CT molecular complexity index is 680. The van der Waals surface area contributed by atoms with Crippen LogP contribution in [0.1, 0.15) is 5.56 Å². The number of aromatic nitrogens is 1. The maximum atomic E-state index is 12.1. The van der Waals surface area contributed by atoms with Crippen molar-refractivity contribution in [3.8, 4) is 0 Å². The van der Waals surface area contributed by atoms with Gasteiger partial charge >= 0.3 is 6.18 Å². The third kappa shape index (κ3) is 6.42. The van der Waals surface area contributed by atoms with Crippen LogP contribution in [0.5, 0.6) is 0 Å². The fraction of sp³-hybridized carbons (Fsp3) is 0.200. The zero-order chi connectivity index (χ0) is 18.2. The quantitative estimate of drug-likeness (QED) is 0.250. The largest absolute Gasteiger partial charge is 0.432 e. The first kappa shape index (κ1) is 19.1. The zero-order valence-electron chi connectivity index (χ0n) is 12.9. The molecular weight excluding hydrogens is 323 g/mol. The summed E-state index contributed by atoms with van der Waals surface area (Å²) in [7, 11) is 0. The van der Waals surface area contributed by atoms with Crippen molar-refractivity contribution in [2.45, 2.75) is 13.1 Å². The number of nitrogens with one attached hydrogen (secondary N) is 2. The molecule has 24 heavy (non-hydrogen) atoms. The summed E-state index contributed by atoms with van der Waals surface area (Å²) in [4.78, 5) is 15.2. The van der Waals surface area contributed by atoms with Gasteiger partial charge in [0.25, 0.3) is 0 Å². The summed E-state index contributed by atoms with van der Waals surface area (Å²) in [6.45, 7) is 8.14. The van der Waals surface area contributed by atoms with Crippen molar-refractivity contribution in [2.24, 2.45) is 10.3 Å². The molecule has 0 saturated heterocycles. The smallest absolute Gasteiger partial charge is 0.337 e. The van der Waals surface area contributed by atoms with E-state index in [2.05, 4.69) is 33.8 Å². The fourth-order valence-corrected chi connectivity index (χ4v) is 1.40. The second-order valence-corrected chi connectivity index (χ2v) is 4.66. The molecule has 0 aromatic carbocycles. The second kappa shape index (κ2) is 8.61. The van der Waals surface area contributed by atoms with Crippen LogP contribution >= 0.6 is 0 Å². The number of aryl methyl sites for hydroxylation is 1. The third-order valence-electron chi connectivity index (χ3n) is 2.63. The van der Waals surface area contributed by atoms with Gasteiger partial charge in [-0.2, -0.15) is 18.3 Å². The van der Waals surface area contributed by atoms with E-state index in [1.54, 1.807) is 17.7 Å². The number of anilines is 1. The zero-order valence-corrected chi connectivity index (χ0v) is 12.9. The van der Waals surface area contributed by atoms with Gasteiger partial charge in [0.05, 0.1) is 12.2 Å². The number of carbonyl (C=O) groups is 1. The fourth-order valence-electron chi connectivity index (χ4n) is 1.40. The minimum Gasteiger partial charge on any atom is -0.337 e. The van der Waals surface area contributed by atoms with Gasteiger partial charge in [0.15, 0.2) is 6.29 Å². The Kier molecular flexibility index (Phi) is 6.84. The van der Waals surface area contributed by atoms with Gasteiger partial charge in [0, 0.05) is 6.20 Å². The Morgan fingerprint density at radius 2 is 2.12 bits per heavy atom. The number of rotatable bonds is 8. The van der Waals surface area contributed by atoms with E-state index in [0.717, 1.165) is 5.56 Å². The molecule has 0 radical (unpaired) electrons. The molecule has 2 N–H and O–H groups in total. The van der Waals surface area contributed by atoms with Gasteiger partial charge in [0.2, 0.25) is 0 Å². The van der Waals surface area contributed by atoms with Crippen LogP contribution in [0.25, 0.3) is 0 Å². The molecule has 0 aliphatic carbocycles. The van der Waals surface area contributed by atoms with Crippen LogP contribution in [0, 0.1) is 6.92 Å². The molecule has 0 fully saturated rings. The normalized spacial score (nSPS) is 12.1. The van der Waals surface area contributed by atoms with Crippen LogP contribution in [-0.2, 0) is 4.79 Å². The minimum atomic E-state index is -4.59. The molecule has 128 valence electrons. The summed E-state index contributed by atoms with van der Waals surface area (Å²) < 4.78 is 36.4. The highest BCUT2D eigenvalue weighted by atomic mass is 19.4.